The van der Waals surface area contributed by atoms with Crippen molar-refractivity contribution in [3.63, 3.8) is 0 Å². The molecule has 2 aromatic rings. The minimum Gasteiger partial charge on any atom is -0.343 e. The Morgan fingerprint density at radius 2 is 1.93 bits per heavy atom. The van der Waals surface area contributed by atoms with Crippen molar-refractivity contribution < 1.29 is 9.59 Å². The number of rotatable bonds is 3. The van der Waals surface area contributed by atoms with E-state index in [2.05, 4.69) is 9.97 Å². The summed E-state index contributed by atoms with van der Waals surface area (Å²) < 4.78 is 0. The van der Waals surface area contributed by atoms with Crippen molar-refractivity contribution >= 4 is 23.2 Å². The van der Waals surface area contributed by atoms with Crippen LogP contribution in [0.2, 0.25) is 0 Å². The summed E-state index contributed by atoms with van der Waals surface area (Å²) in [4.78, 5) is 47.7. The second-order valence-corrected chi connectivity index (χ2v) is 8.36. The second kappa shape index (κ2) is 7.87. The van der Waals surface area contributed by atoms with Gasteiger partial charge in [0.2, 0.25) is 11.8 Å². The topological polar surface area (TPSA) is 86.4 Å². The van der Waals surface area contributed by atoms with Gasteiger partial charge in [-0.1, -0.05) is 0 Å². The molecule has 0 bridgehead atoms. The van der Waals surface area contributed by atoms with E-state index in [1.807, 2.05) is 21.7 Å². The van der Waals surface area contributed by atoms with E-state index in [-0.39, 0.29) is 29.2 Å². The number of carbonyl (C=O) groups excluding carboxylic acids is 2. The number of amides is 2. The largest absolute Gasteiger partial charge is 0.343 e. The highest BCUT2D eigenvalue weighted by molar-refractivity contribution is 7.08. The lowest BCUT2D eigenvalue weighted by Gasteiger charge is -2.32. The summed E-state index contributed by atoms with van der Waals surface area (Å²) in [7, 11) is 0. The molecule has 2 aliphatic heterocycles. The van der Waals surface area contributed by atoms with Crippen LogP contribution in [0.5, 0.6) is 0 Å². The molecule has 1 N–H and O–H groups in total. The number of hydrogen-bond acceptors (Lipinski definition) is 5. The maximum absolute atomic E-state index is 12.9. The molecule has 2 aromatic heterocycles. The fraction of sp³-hybridized carbons (Fsp3) is 0.500. The molecule has 1 atom stereocenters. The number of H-pyrrole nitrogens is 1. The molecule has 0 radical (unpaired) electrons. The Kier molecular flexibility index (Phi) is 5.30. The van der Waals surface area contributed by atoms with Gasteiger partial charge in [0.15, 0.2) is 0 Å². The maximum atomic E-state index is 12.9. The van der Waals surface area contributed by atoms with Crippen molar-refractivity contribution in [2.24, 2.45) is 5.92 Å². The lowest BCUT2D eigenvalue weighted by atomic mass is 9.95. The third-order valence-electron chi connectivity index (χ3n) is 5.75. The van der Waals surface area contributed by atoms with Crippen LogP contribution in [0.1, 0.15) is 37.9 Å². The lowest BCUT2D eigenvalue weighted by molar-refractivity contribution is -0.139. The summed E-state index contributed by atoms with van der Waals surface area (Å²) in [6.07, 6.45) is 2.25. The van der Waals surface area contributed by atoms with Crippen LogP contribution in [0.15, 0.2) is 27.7 Å². The molecule has 28 heavy (non-hydrogen) atoms. The van der Waals surface area contributed by atoms with E-state index in [0.29, 0.717) is 37.7 Å². The first kappa shape index (κ1) is 18.9. The van der Waals surface area contributed by atoms with Gasteiger partial charge in [-0.05, 0) is 30.7 Å². The van der Waals surface area contributed by atoms with Gasteiger partial charge in [-0.15, -0.1) is 0 Å². The Bertz CT molecular complexity index is 916. The van der Waals surface area contributed by atoms with Crippen molar-refractivity contribution in [1.29, 1.82) is 0 Å². The molecule has 0 saturated carbocycles. The normalized spacial score (nSPS) is 20.5. The fourth-order valence-electron chi connectivity index (χ4n) is 4.11. The molecule has 4 rings (SSSR count). The predicted octanol–water partition coefficient (Wildman–Crippen LogP) is 2.07. The van der Waals surface area contributed by atoms with Crippen molar-refractivity contribution in [1.82, 2.24) is 19.8 Å². The zero-order valence-electron chi connectivity index (χ0n) is 15.9. The highest BCUT2D eigenvalue weighted by Crippen LogP contribution is 2.29. The quantitative estimate of drug-likeness (QED) is 0.855. The summed E-state index contributed by atoms with van der Waals surface area (Å²) in [5.41, 5.74) is 1.47. The lowest BCUT2D eigenvalue weighted by Crippen LogP contribution is -2.43. The van der Waals surface area contributed by atoms with Crippen molar-refractivity contribution in [2.45, 2.75) is 32.1 Å². The molecular formula is C20H24N4O3S. The van der Waals surface area contributed by atoms with Crippen molar-refractivity contribution in [3.05, 3.63) is 39.1 Å². The number of aromatic amines is 1. The van der Waals surface area contributed by atoms with Gasteiger partial charge in [0, 0.05) is 61.9 Å². The number of likely N-dealkylation sites (tertiary alicyclic amines) is 2. The van der Waals surface area contributed by atoms with Crippen LogP contribution >= 0.6 is 11.3 Å². The average Bonchev–Trinajstić information content (AvgIpc) is 3.39. The highest BCUT2D eigenvalue weighted by Gasteiger charge is 2.34. The molecule has 0 spiro atoms. The number of piperidine rings is 1. The van der Waals surface area contributed by atoms with Crippen LogP contribution in [0, 0.1) is 5.92 Å². The van der Waals surface area contributed by atoms with Crippen LogP contribution in [0.25, 0.3) is 11.3 Å². The van der Waals surface area contributed by atoms with Crippen LogP contribution in [0.4, 0.5) is 0 Å². The summed E-state index contributed by atoms with van der Waals surface area (Å²) in [6.45, 7) is 4.15. The molecule has 2 saturated heterocycles. The number of aromatic nitrogens is 2. The third kappa shape index (κ3) is 3.87. The molecule has 0 aromatic carbocycles. The van der Waals surface area contributed by atoms with Gasteiger partial charge >= 0.3 is 0 Å². The van der Waals surface area contributed by atoms with E-state index >= 15 is 0 Å². The van der Waals surface area contributed by atoms with Gasteiger partial charge in [0.05, 0.1) is 5.69 Å². The van der Waals surface area contributed by atoms with Crippen LogP contribution in [-0.2, 0) is 9.59 Å². The van der Waals surface area contributed by atoms with Crippen molar-refractivity contribution in [3.8, 4) is 11.3 Å². The molecule has 2 aliphatic rings. The van der Waals surface area contributed by atoms with Gasteiger partial charge in [0.1, 0.15) is 5.82 Å². The summed E-state index contributed by atoms with van der Waals surface area (Å²) in [6, 6.07) is 3.47. The van der Waals surface area contributed by atoms with Crippen LogP contribution in [0.3, 0.4) is 0 Å². The molecular weight excluding hydrogens is 376 g/mol. The first-order valence-electron chi connectivity index (χ1n) is 9.69. The van der Waals surface area contributed by atoms with Crippen LogP contribution in [-0.4, -0.2) is 57.8 Å². The summed E-state index contributed by atoms with van der Waals surface area (Å²) in [5, 5.41) is 3.94. The second-order valence-electron chi connectivity index (χ2n) is 7.58. The first-order valence-corrected chi connectivity index (χ1v) is 10.6. The number of nitrogens with one attached hydrogen (secondary N) is 1. The van der Waals surface area contributed by atoms with Gasteiger partial charge in [0.25, 0.3) is 5.56 Å². The van der Waals surface area contributed by atoms with Crippen molar-refractivity contribution in [2.75, 3.05) is 26.2 Å². The standard InChI is InChI=1S/C20H24N4O3S/c1-13(25)23-6-2-14(3-7-23)20(27)24-8-4-15(11-24)19-21-17(10-18(26)22-19)16-5-9-28-12-16/h5,9-10,12,14-15H,2-4,6-8,11H2,1H3,(H,21,22,26). The molecule has 4 heterocycles. The Labute approximate surface area is 167 Å². The zero-order valence-corrected chi connectivity index (χ0v) is 16.7. The average molecular weight is 401 g/mol. The highest BCUT2D eigenvalue weighted by atomic mass is 32.1. The number of nitrogens with zero attached hydrogens (tertiary/aromatic N) is 3. The van der Waals surface area contributed by atoms with Gasteiger partial charge < -0.3 is 14.8 Å². The van der Waals surface area contributed by atoms with E-state index in [1.54, 1.807) is 23.2 Å². The number of carbonyl (C=O) groups is 2. The van der Waals surface area contributed by atoms with E-state index in [0.717, 1.165) is 24.8 Å². The molecule has 0 aliphatic carbocycles. The third-order valence-corrected chi connectivity index (χ3v) is 6.44. The molecule has 7 nitrogen and oxygen atoms in total. The molecule has 8 heteroatoms. The Hall–Kier alpha value is -2.48. The van der Waals surface area contributed by atoms with Gasteiger partial charge in [-0.3, -0.25) is 14.4 Å². The fourth-order valence-corrected chi connectivity index (χ4v) is 4.76. The number of hydrogen-bond donors (Lipinski definition) is 1. The molecule has 2 fully saturated rings. The summed E-state index contributed by atoms with van der Waals surface area (Å²) in [5.74, 6) is 0.941. The Balaban J connectivity index is 1.42. The first-order chi connectivity index (χ1) is 13.5. The van der Waals surface area contributed by atoms with E-state index in [4.69, 9.17) is 0 Å². The van der Waals surface area contributed by atoms with E-state index < -0.39 is 0 Å². The Morgan fingerprint density at radius 1 is 1.18 bits per heavy atom. The predicted molar refractivity (Wildman–Crippen MR) is 107 cm³/mol. The van der Waals surface area contributed by atoms with Gasteiger partial charge in [-0.25, -0.2) is 4.98 Å². The monoisotopic (exact) mass is 400 g/mol. The molecule has 1 unspecified atom stereocenters. The molecule has 148 valence electrons. The SMILES string of the molecule is CC(=O)N1CCC(C(=O)N2CCC(c3nc(-c4ccsc4)cc(=O)[nH]3)C2)CC1. The van der Waals surface area contributed by atoms with Gasteiger partial charge in [-0.2, -0.15) is 11.3 Å². The summed E-state index contributed by atoms with van der Waals surface area (Å²) >= 11 is 1.57. The van der Waals surface area contributed by atoms with E-state index in [1.165, 1.54) is 6.07 Å². The minimum atomic E-state index is -0.160. The number of thiophene rings is 1. The van der Waals surface area contributed by atoms with Crippen LogP contribution < -0.4 is 5.56 Å². The van der Waals surface area contributed by atoms with E-state index in [9.17, 15) is 14.4 Å². The Morgan fingerprint density at radius 3 is 2.61 bits per heavy atom. The minimum absolute atomic E-state index is 0.0153. The zero-order chi connectivity index (χ0) is 19.7. The smallest absolute Gasteiger partial charge is 0.251 e. The maximum Gasteiger partial charge on any atom is 0.251 e. The molecule has 2 amide bonds.